The molecule has 5 saturated carbocycles. The maximum absolute atomic E-state index is 3.61. The fraction of sp³-hybridized carbons (Fsp3) is 0.895. The van der Waals surface area contributed by atoms with E-state index in [0.29, 0.717) is 0 Å². The van der Waals surface area contributed by atoms with E-state index in [9.17, 15) is 0 Å². The minimum Gasteiger partial charge on any atom is -0.0992 e. The molecule has 19 heavy (non-hydrogen) atoms. The Kier molecular flexibility index (Phi) is 1.67. The van der Waals surface area contributed by atoms with Gasteiger partial charge in [-0.05, 0) is 78.9 Å². The standard InChI is InChI=1S/C19H24/c1-2-9-5-12-7-13(9)19-15-8-14(18(12)19)16-10-3-4-11(6-10)17(15)16/h9-19H,2,5-8H2,1H3. The molecule has 6 aliphatic carbocycles. The summed E-state index contributed by atoms with van der Waals surface area (Å²) in [5.74, 6) is 19.0. The number of fused-ring (bicyclic) bond motifs is 16. The second-order valence-corrected chi connectivity index (χ2v) is 8.67. The highest BCUT2D eigenvalue weighted by Crippen LogP contribution is 2.75. The normalized spacial score (nSPS) is 69.2. The van der Waals surface area contributed by atoms with Crippen molar-refractivity contribution < 1.29 is 0 Å². The van der Waals surface area contributed by atoms with Gasteiger partial charge >= 0.3 is 0 Å². The Labute approximate surface area is 116 Å². The zero-order chi connectivity index (χ0) is 12.3. The number of hydrogen-bond acceptors (Lipinski definition) is 0. The van der Waals surface area contributed by atoms with E-state index in [1.165, 1.54) is 18.8 Å². The lowest BCUT2D eigenvalue weighted by atomic mass is 9.59. The Morgan fingerprint density at radius 2 is 1.47 bits per heavy atom. The van der Waals surface area contributed by atoms with Gasteiger partial charge in [-0.2, -0.15) is 0 Å². The Morgan fingerprint density at radius 1 is 0.737 bits per heavy atom. The number of hydrogen-bond donors (Lipinski definition) is 0. The van der Waals surface area contributed by atoms with E-state index < -0.39 is 0 Å². The Hall–Kier alpha value is -0.440. The lowest BCUT2D eigenvalue weighted by molar-refractivity contribution is 0.0313. The average Bonchev–Trinajstić information content (AvgIpc) is 3.20. The highest BCUT2D eigenvalue weighted by atomic mass is 14.7. The summed E-state index contributed by atoms with van der Waals surface area (Å²) in [6.45, 7) is 2.44. The van der Waals surface area contributed by atoms with Crippen LogP contribution in [0, 0.1) is 76.9 Å². The molecule has 0 heteroatoms. The van der Waals surface area contributed by atoms with E-state index in [-0.39, 0.29) is 0 Å². The van der Waals surface area contributed by atoms with Crippen molar-refractivity contribution in [3.05, 3.63) is 0 Å². The second-order valence-electron chi connectivity index (χ2n) is 8.67. The maximum atomic E-state index is 3.61. The van der Waals surface area contributed by atoms with E-state index in [4.69, 9.17) is 0 Å². The van der Waals surface area contributed by atoms with Crippen LogP contribution in [0.4, 0.5) is 0 Å². The minimum atomic E-state index is 0.838. The fourth-order valence-corrected chi connectivity index (χ4v) is 8.57. The average molecular weight is 252 g/mol. The molecule has 11 unspecified atom stereocenters. The van der Waals surface area contributed by atoms with E-state index in [1.54, 1.807) is 19.3 Å². The summed E-state index contributed by atoms with van der Waals surface area (Å²) in [7, 11) is 0. The van der Waals surface area contributed by atoms with Gasteiger partial charge in [0.05, 0.1) is 0 Å². The molecule has 0 aliphatic heterocycles. The molecule has 100 valence electrons. The van der Waals surface area contributed by atoms with Crippen LogP contribution in [0.2, 0.25) is 0 Å². The van der Waals surface area contributed by atoms with Gasteiger partial charge in [0.2, 0.25) is 0 Å². The van der Waals surface area contributed by atoms with Crippen LogP contribution >= 0.6 is 0 Å². The lowest BCUT2D eigenvalue weighted by Crippen LogP contribution is -2.41. The molecule has 0 spiro atoms. The molecule has 0 amide bonds. The van der Waals surface area contributed by atoms with Gasteiger partial charge in [0, 0.05) is 11.8 Å². The summed E-state index contributed by atoms with van der Waals surface area (Å²) in [6, 6.07) is 0. The molecule has 0 heterocycles. The summed E-state index contributed by atoms with van der Waals surface area (Å²) < 4.78 is 0. The molecule has 0 aromatic heterocycles. The van der Waals surface area contributed by atoms with E-state index in [2.05, 4.69) is 18.8 Å². The molecule has 0 radical (unpaired) electrons. The topological polar surface area (TPSA) is 0 Å². The molecule has 0 saturated heterocycles. The highest BCUT2D eigenvalue weighted by Gasteiger charge is 2.70. The molecule has 6 rings (SSSR count). The van der Waals surface area contributed by atoms with Gasteiger partial charge in [-0.1, -0.05) is 25.2 Å². The number of rotatable bonds is 1. The fourth-order valence-electron chi connectivity index (χ4n) is 8.57. The molecule has 0 aromatic rings. The molecule has 0 aromatic carbocycles. The van der Waals surface area contributed by atoms with Crippen molar-refractivity contribution in [2.75, 3.05) is 0 Å². The zero-order valence-corrected chi connectivity index (χ0v) is 11.9. The first-order valence-corrected chi connectivity index (χ1v) is 8.88. The van der Waals surface area contributed by atoms with E-state index in [1.807, 2.05) is 0 Å². The third-order valence-corrected chi connectivity index (χ3v) is 8.65. The van der Waals surface area contributed by atoms with Crippen LogP contribution in [0.25, 0.3) is 0 Å². The molecule has 6 aliphatic rings. The van der Waals surface area contributed by atoms with Gasteiger partial charge in [0.1, 0.15) is 0 Å². The van der Waals surface area contributed by atoms with Crippen molar-refractivity contribution in [3.8, 4) is 11.8 Å². The second kappa shape index (κ2) is 3.08. The lowest BCUT2D eigenvalue weighted by Gasteiger charge is -2.45. The quantitative estimate of drug-likeness (QED) is 0.491. The smallest absolute Gasteiger partial charge is 0.0249 e. The largest absolute Gasteiger partial charge is 0.0992 e. The SMILES string of the molecule is CCC1CC2CC1C1C3CC(C4C5C#CC(C5)C34)C21. The molecule has 5 fully saturated rings. The van der Waals surface area contributed by atoms with Crippen LogP contribution in [-0.2, 0) is 0 Å². The van der Waals surface area contributed by atoms with Crippen LogP contribution in [0.1, 0.15) is 39.0 Å². The summed E-state index contributed by atoms with van der Waals surface area (Å²) >= 11 is 0. The van der Waals surface area contributed by atoms with Gasteiger partial charge in [-0.15, -0.1) is 0 Å². The predicted octanol–water partition coefficient (Wildman–Crippen LogP) is 3.82. The third-order valence-electron chi connectivity index (χ3n) is 8.65. The van der Waals surface area contributed by atoms with Gasteiger partial charge in [-0.3, -0.25) is 0 Å². The maximum Gasteiger partial charge on any atom is 0.0249 e. The third kappa shape index (κ3) is 0.960. The van der Waals surface area contributed by atoms with Crippen LogP contribution in [0.5, 0.6) is 0 Å². The van der Waals surface area contributed by atoms with Crippen molar-refractivity contribution in [1.29, 1.82) is 0 Å². The van der Waals surface area contributed by atoms with E-state index in [0.717, 1.165) is 59.2 Å². The Balaban J connectivity index is 1.43. The van der Waals surface area contributed by atoms with Crippen molar-refractivity contribution >= 4 is 0 Å². The first-order chi connectivity index (χ1) is 9.36. The molecular formula is C19H24. The summed E-state index contributed by atoms with van der Waals surface area (Å²) in [4.78, 5) is 0. The molecular weight excluding hydrogens is 228 g/mol. The monoisotopic (exact) mass is 252 g/mol. The van der Waals surface area contributed by atoms with E-state index >= 15 is 0 Å². The highest BCUT2D eigenvalue weighted by molar-refractivity contribution is 5.30. The minimum absolute atomic E-state index is 0.838. The summed E-state index contributed by atoms with van der Waals surface area (Å²) in [5, 5.41) is 0. The first kappa shape index (κ1) is 10.3. The predicted molar refractivity (Wildman–Crippen MR) is 74.9 cm³/mol. The summed E-state index contributed by atoms with van der Waals surface area (Å²) in [5.41, 5.74) is 0. The van der Waals surface area contributed by atoms with Crippen molar-refractivity contribution in [1.82, 2.24) is 0 Å². The Bertz CT molecular complexity index is 508. The molecule has 11 atom stereocenters. The first-order valence-electron chi connectivity index (χ1n) is 8.88. The van der Waals surface area contributed by atoms with Gasteiger partial charge in [0.15, 0.2) is 0 Å². The van der Waals surface area contributed by atoms with Gasteiger partial charge in [-0.25, -0.2) is 0 Å². The molecule has 0 nitrogen and oxygen atoms in total. The summed E-state index contributed by atoms with van der Waals surface area (Å²) in [6.07, 6.45) is 7.74. The van der Waals surface area contributed by atoms with Crippen LogP contribution < -0.4 is 0 Å². The van der Waals surface area contributed by atoms with Crippen molar-refractivity contribution in [2.24, 2.45) is 65.1 Å². The zero-order valence-electron chi connectivity index (χ0n) is 11.9. The van der Waals surface area contributed by atoms with Crippen LogP contribution in [-0.4, -0.2) is 0 Å². The molecule has 0 N–H and O–H groups in total. The van der Waals surface area contributed by atoms with Crippen molar-refractivity contribution in [3.63, 3.8) is 0 Å². The molecule has 6 bridgehead atoms. The Morgan fingerprint density at radius 3 is 2.21 bits per heavy atom. The van der Waals surface area contributed by atoms with Crippen molar-refractivity contribution in [2.45, 2.75) is 39.0 Å². The van der Waals surface area contributed by atoms with Crippen LogP contribution in [0.15, 0.2) is 0 Å². The van der Waals surface area contributed by atoms with Crippen LogP contribution in [0.3, 0.4) is 0 Å². The van der Waals surface area contributed by atoms with Gasteiger partial charge < -0.3 is 0 Å². The van der Waals surface area contributed by atoms with Gasteiger partial charge in [0.25, 0.3) is 0 Å².